The van der Waals surface area contributed by atoms with Crippen molar-refractivity contribution < 1.29 is 34.4 Å². The van der Waals surface area contributed by atoms with Crippen LogP contribution in [0.4, 0.5) is 0 Å². The van der Waals surface area contributed by atoms with Crippen LogP contribution >= 0.6 is 0 Å². The van der Waals surface area contributed by atoms with Crippen molar-refractivity contribution >= 4 is 34.0 Å². The lowest BCUT2D eigenvalue weighted by atomic mass is 9.84. The predicted molar refractivity (Wildman–Crippen MR) is 272 cm³/mol. The van der Waals surface area contributed by atoms with Crippen LogP contribution in [0, 0.1) is 0 Å². The van der Waals surface area contributed by atoms with Crippen LogP contribution in [0.3, 0.4) is 0 Å². The van der Waals surface area contributed by atoms with Crippen molar-refractivity contribution in [3.05, 3.63) is 95.1 Å². The largest absolute Gasteiger partial charge is 0.505 e. The minimum Gasteiger partial charge on any atom is -0.505 e. The summed E-state index contributed by atoms with van der Waals surface area (Å²) in [6, 6.07) is 22.8. The van der Waals surface area contributed by atoms with Crippen LogP contribution in [0.5, 0.6) is 11.5 Å². The molecule has 0 saturated heterocycles. The van der Waals surface area contributed by atoms with E-state index in [-0.39, 0.29) is 40.7 Å². The number of aliphatic hydroxyl groups is 1. The maximum atomic E-state index is 12.3. The van der Waals surface area contributed by atoms with Gasteiger partial charge in [0.05, 0.1) is 13.7 Å². The van der Waals surface area contributed by atoms with E-state index in [4.69, 9.17) is 14.6 Å². The fraction of sp³-hybridized carbons (Fsp3) is 0.527. The Balaban J connectivity index is 0.000000256. The van der Waals surface area contributed by atoms with Crippen molar-refractivity contribution in [3.8, 4) is 22.9 Å². The summed E-state index contributed by atoms with van der Waals surface area (Å²) >= 11 is 0. The van der Waals surface area contributed by atoms with Crippen molar-refractivity contribution in [2.45, 2.75) is 169 Å². The molecule has 2 aromatic heterocycles. The summed E-state index contributed by atoms with van der Waals surface area (Å²) in [5.41, 5.74) is 6.98. The molecular weight excluding hydrogens is 857 g/mol. The topological polar surface area (TPSA) is 175 Å². The Bertz CT molecular complexity index is 2410. The number of esters is 2. The van der Waals surface area contributed by atoms with Gasteiger partial charge in [0.1, 0.15) is 44.9 Å². The van der Waals surface area contributed by atoms with Crippen molar-refractivity contribution in [1.29, 1.82) is 0 Å². The average Bonchev–Trinajstić information content (AvgIpc) is 3.95. The lowest BCUT2D eigenvalue weighted by Crippen LogP contribution is -2.14. The van der Waals surface area contributed by atoms with Gasteiger partial charge in [-0.3, -0.25) is 9.59 Å². The van der Waals surface area contributed by atoms with E-state index in [1.807, 2.05) is 93.6 Å². The number of benzene rings is 4. The Morgan fingerprint density at radius 1 is 0.544 bits per heavy atom. The first-order valence-corrected chi connectivity index (χ1v) is 24.7. The summed E-state index contributed by atoms with van der Waals surface area (Å²) < 4.78 is 10.2. The number of hydrogen-bond acceptors (Lipinski definition) is 11. The molecule has 0 radical (unpaired) electrons. The number of phenols is 2. The Kier molecular flexibility index (Phi) is 21.9. The Labute approximate surface area is 404 Å². The lowest BCUT2D eigenvalue weighted by molar-refractivity contribution is -0.144. The average molecular weight is 935 g/mol. The third-order valence-corrected chi connectivity index (χ3v) is 11.7. The van der Waals surface area contributed by atoms with Crippen LogP contribution in [0.25, 0.3) is 33.4 Å². The molecule has 0 aliphatic carbocycles. The third-order valence-electron chi connectivity index (χ3n) is 11.7. The third kappa shape index (κ3) is 17.1. The summed E-state index contributed by atoms with van der Waals surface area (Å²) in [5.74, 6) is -0.129. The summed E-state index contributed by atoms with van der Waals surface area (Å²) in [6.45, 7) is 17.5. The summed E-state index contributed by atoms with van der Waals surface area (Å²) in [4.78, 5) is 26.7. The molecule has 0 bridgehead atoms. The lowest BCUT2D eigenvalue weighted by Gasteiger charge is -2.23. The zero-order chi connectivity index (χ0) is 49.7. The molecule has 370 valence electrons. The van der Waals surface area contributed by atoms with Gasteiger partial charge in [0.2, 0.25) is 0 Å². The van der Waals surface area contributed by atoms with Crippen molar-refractivity contribution in [3.63, 3.8) is 0 Å². The second kappa shape index (κ2) is 27.2. The van der Waals surface area contributed by atoms with Gasteiger partial charge in [-0.2, -0.15) is 0 Å². The number of nitrogens with zero attached hydrogens (tertiary/aromatic N) is 6. The number of ether oxygens (including phenoxy) is 2. The molecule has 0 amide bonds. The number of methoxy groups -OCH3 is 1. The normalized spacial score (nSPS) is 11.5. The number of unbranched alkanes of at least 4 members (excludes halogenated alkanes) is 10. The Morgan fingerprint density at radius 3 is 1.28 bits per heavy atom. The number of fused-ring (bicyclic) bond motifs is 2. The van der Waals surface area contributed by atoms with E-state index in [2.05, 4.69) is 55.0 Å². The van der Waals surface area contributed by atoms with Gasteiger partial charge in [0.15, 0.2) is 0 Å². The maximum Gasteiger partial charge on any atom is 0.306 e. The first-order valence-electron chi connectivity index (χ1n) is 24.7. The monoisotopic (exact) mass is 935 g/mol. The molecule has 13 nitrogen and oxygen atoms in total. The van der Waals surface area contributed by atoms with E-state index in [0.717, 1.165) is 63.6 Å². The zero-order valence-electron chi connectivity index (χ0n) is 42.3. The predicted octanol–water partition coefficient (Wildman–Crippen LogP) is 12.1. The van der Waals surface area contributed by atoms with Gasteiger partial charge in [0, 0.05) is 30.6 Å². The van der Waals surface area contributed by atoms with Gasteiger partial charge in [-0.1, -0.05) is 156 Å². The van der Waals surface area contributed by atoms with E-state index in [9.17, 15) is 19.8 Å². The highest BCUT2D eigenvalue weighted by Crippen LogP contribution is 2.38. The number of aromatic nitrogens is 6. The van der Waals surface area contributed by atoms with E-state index < -0.39 is 0 Å². The molecule has 0 aliphatic rings. The Hall–Kier alpha value is -5.82. The molecule has 68 heavy (non-hydrogen) atoms. The van der Waals surface area contributed by atoms with Crippen molar-refractivity contribution in [1.82, 2.24) is 30.0 Å². The first-order chi connectivity index (χ1) is 32.5. The first kappa shape index (κ1) is 54.8. The minimum atomic E-state index is -0.278. The molecule has 13 heteroatoms. The quantitative estimate of drug-likeness (QED) is 0.0463. The highest BCUT2D eigenvalue weighted by Gasteiger charge is 2.25. The maximum absolute atomic E-state index is 12.3. The molecule has 4 aromatic carbocycles. The molecule has 0 fully saturated rings. The van der Waals surface area contributed by atoms with Crippen LogP contribution < -0.4 is 0 Å². The fourth-order valence-corrected chi connectivity index (χ4v) is 7.65. The molecule has 6 aromatic rings. The highest BCUT2D eigenvalue weighted by molar-refractivity contribution is 5.75. The molecule has 6 rings (SSSR count). The number of phenolic OH excluding ortho intramolecular Hbond substituents is 2. The van der Waals surface area contributed by atoms with Crippen molar-refractivity contribution in [2.24, 2.45) is 0 Å². The van der Waals surface area contributed by atoms with Gasteiger partial charge in [-0.25, -0.2) is 0 Å². The van der Waals surface area contributed by atoms with E-state index in [0.29, 0.717) is 43.9 Å². The fourth-order valence-electron chi connectivity index (χ4n) is 7.65. The highest BCUT2D eigenvalue weighted by atomic mass is 16.5. The number of aryl methyl sites for hydroxylation is 2. The standard InChI is InChI=1S/C27H37N3O3.C20H23N3O3.C8H18O/c1-5-6-7-8-9-12-17-33-25(31)16-15-20-18-21(27(2,3)4)26(32)24(19-20)30-28-22-13-10-11-14-23(22)29-30;1-20(2,3)14-11-13(9-10-18(24)26-4)12-17(19(14)25)23-21-15-7-5-6-8-16(15)22-23;1-2-3-4-5-6-7-8-9/h10-11,13-14,18-19,32H,5-9,12,15-17H2,1-4H3;5-8,11-12,25H,9-10H2,1-4H3;9H,2-8H2,1H3. The van der Waals surface area contributed by atoms with Gasteiger partial charge in [-0.05, 0) is 84.0 Å². The number of aliphatic hydroxyl groups excluding tert-OH is 1. The smallest absolute Gasteiger partial charge is 0.306 e. The number of aromatic hydroxyl groups is 2. The number of hydrogen-bond donors (Lipinski definition) is 3. The van der Waals surface area contributed by atoms with Crippen molar-refractivity contribution in [2.75, 3.05) is 20.3 Å². The number of carbonyl (C=O) groups is 2. The summed E-state index contributed by atoms with van der Waals surface area (Å²) in [5, 5.41) is 48.3. The molecular formula is C55H78N6O7. The molecule has 0 spiro atoms. The molecule has 0 saturated carbocycles. The Morgan fingerprint density at radius 2 is 0.912 bits per heavy atom. The van der Waals surface area contributed by atoms with Crippen LogP contribution in [-0.4, -0.2) is 77.6 Å². The van der Waals surface area contributed by atoms with Gasteiger partial charge < -0.3 is 24.8 Å². The second-order valence-electron chi connectivity index (χ2n) is 19.5. The van der Waals surface area contributed by atoms with Gasteiger partial charge in [0.25, 0.3) is 0 Å². The summed E-state index contributed by atoms with van der Waals surface area (Å²) in [7, 11) is 1.38. The van der Waals surface area contributed by atoms with E-state index in [1.54, 1.807) is 0 Å². The van der Waals surface area contributed by atoms with Gasteiger partial charge in [-0.15, -0.1) is 30.0 Å². The second-order valence-corrected chi connectivity index (χ2v) is 19.5. The van der Waals surface area contributed by atoms with Crippen LogP contribution in [-0.2, 0) is 42.7 Å². The summed E-state index contributed by atoms with van der Waals surface area (Å²) in [6.07, 6.45) is 16.1. The molecule has 0 atom stereocenters. The van der Waals surface area contributed by atoms with E-state index >= 15 is 0 Å². The molecule has 0 unspecified atom stereocenters. The zero-order valence-corrected chi connectivity index (χ0v) is 42.3. The van der Waals surface area contributed by atoms with E-state index in [1.165, 1.54) is 74.5 Å². The number of carbonyl (C=O) groups excluding carboxylic acids is 2. The van der Waals surface area contributed by atoms with Crippen LogP contribution in [0.1, 0.15) is 168 Å². The van der Waals surface area contributed by atoms with Gasteiger partial charge >= 0.3 is 11.9 Å². The van der Waals surface area contributed by atoms with Crippen LogP contribution in [0.2, 0.25) is 0 Å². The SMILES string of the molecule is CCCCCCCCO.CCCCCCCCOC(=O)CCc1cc(-n2nc3ccccc3n2)c(O)c(C(C)(C)C)c1.COC(=O)CCc1cc(-n2nc3ccccc3n2)c(O)c(C(C)(C)C)c1. The molecule has 0 aliphatic heterocycles. The van der Waals surface area contributed by atoms with Crippen LogP contribution in [0.15, 0.2) is 72.8 Å². The minimum absolute atomic E-state index is 0.152. The molecule has 2 heterocycles. The molecule has 3 N–H and O–H groups in total. The number of rotatable bonds is 21.